The zero-order chi connectivity index (χ0) is 14.4. The van der Waals surface area contributed by atoms with Crippen LogP contribution in [0.3, 0.4) is 0 Å². The Morgan fingerprint density at radius 3 is 2.50 bits per heavy atom. The van der Waals surface area contributed by atoms with E-state index in [1.165, 1.54) is 23.9 Å². The zero-order valence-electron chi connectivity index (χ0n) is 10.7. The van der Waals surface area contributed by atoms with Crippen LogP contribution in [0.25, 0.3) is 0 Å². The van der Waals surface area contributed by atoms with Crippen molar-refractivity contribution in [3.05, 3.63) is 60.2 Å². The van der Waals surface area contributed by atoms with E-state index in [2.05, 4.69) is 0 Å². The maximum absolute atomic E-state index is 12.2. The van der Waals surface area contributed by atoms with E-state index in [1.54, 1.807) is 12.1 Å². The molecular weight excluding hydrogens is 290 g/mol. The van der Waals surface area contributed by atoms with Gasteiger partial charge >= 0.3 is 0 Å². The van der Waals surface area contributed by atoms with Crippen LogP contribution in [0.5, 0.6) is 0 Å². The lowest BCUT2D eigenvalue weighted by molar-refractivity contribution is 0.597. The Hall–Kier alpha value is -1.77. The lowest BCUT2D eigenvalue weighted by Gasteiger charge is -2.05. The summed E-state index contributed by atoms with van der Waals surface area (Å²) in [6.45, 7) is 0. The first-order chi connectivity index (χ1) is 9.62. The first-order valence-electron chi connectivity index (χ1n) is 6.02. The molecule has 0 unspecified atom stereocenters. The topological polar surface area (TPSA) is 57.9 Å². The SMILES string of the molecule is N#Cc1cccc(S(=O)(=O)CCSc2ccccc2)c1. The second-order valence-electron chi connectivity index (χ2n) is 4.12. The van der Waals surface area contributed by atoms with E-state index in [4.69, 9.17) is 5.26 Å². The molecule has 0 N–H and O–H groups in total. The normalized spacial score (nSPS) is 10.9. The zero-order valence-corrected chi connectivity index (χ0v) is 12.3. The summed E-state index contributed by atoms with van der Waals surface area (Å²) < 4.78 is 24.3. The van der Waals surface area contributed by atoms with E-state index >= 15 is 0 Å². The number of hydrogen-bond donors (Lipinski definition) is 0. The fourth-order valence-electron chi connectivity index (χ4n) is 1.66. The largest absolute Gasteiger partial charge is 0.224 e. The van der Waals surface area contributed by atoms with Gasteiger partial charge in [0.25, 0.3) is 0 Å². The van der Waals surface area contributed by atoms with Crippen LogP contribution in [0.15, 0.2) is 64.4 Å². The average Bonchev–Trinajstić information content (AvgIpc) is 2.48. The molecule has 0 radical (unpaired) electrons. The van der Waals surface area contributed by atoms with E-state index < -0.39 is 9.84 Å². The second-order valence-corrected chi connectivity index (χ2v) is 7.40. The van der Waals surface area contributed by atoms with Gasteiger partial charge in [0, 0.05) is 10.6 Å². The molecular formula is C15H13NO2S2. The minimum Gasteiger partial charge on any atom is -0.224 e. The number of sulfone groups is 1. The molecule has 0 aromatic heterocycles. The van der Waals surface area contributed by atoms with Gasteiger partial charge in [-0.25, -0.2) is 8.42 Å². The van der Waals surface area contributed by atoms with Crippen molar-refractivity contribution in [2.45, 2.75) is 9.79 Å². The van der Waals surface area contributed by atoms with Gasteiger partial charge in [0.05, 0.1) is 22.3 Å². The Kier molecular flexibility index (Phi) is 4.83. The molecule has 2 rings (SSSR count). The third-order valence-electron chi connectivity index (χ3n) is 2.69. The molecule has 5 heteroatoms. The van der Waals surface area contributed by atoms with Gasteiger partial charge in [0.15, 0.2) is 9.84 Å². The summed E-state index contributed by atoms with van der Waals surface area (Å²) in [4.78, 5) is 1.26. The summed E-state index contributed by atoms with van der Waals surface area (Å²) in [5, 5.41) is 8.80. The number of rotatable bonds is 5. The first kappa shape index (κ1) is 14.6. The number of nitriles is 1. The van der Waals surface area contributed by atoms with Gasteiger partial charge in [-0.3, -0.25) is 0 Å². The van der Waals surface area contributed by atoms with Gasteiger partial charge in [0.1, 0.15) is 0 Å². The van der Waals surface area contributed by atoms with E-state index in [0.717, 1.165) is 4.90 Å². The summed E-state index contributed by atoms with van der Waals surface area (Å²) in [5.74, 6) is 0.546. The van der Waals surface area contributed by atoms with E-state index in [9.17, 15) is 8.42 Å². The highest BCUT2D eigenvalue weighted by molar-refractivity contribution is 8.00. The minimum atomic E-state index is -3.33. The quantitative estimate of drug-likeness (QED) is 0.796. The number of thioether (sulfide) groups is 1. The lowest BCUT2D eigenvalue weighted by atomic mass is 10.2. The smallest absolute Gasteiger partial charge is 0.179 e. The molecule has 0 saturated heterocycles. The van der Waals surface area contributed by atoms with Crippen molar-refractivity contribution >= 4 is 21.6 Å². The van der Waals surface area contributed by atoms with Crippen LogP contribution < -0.4 is 0 Å². The molecule has 0 fully saturated rings. The van der Waals surface area contributed by atoms with E-state index in [0.29, 0.717) is 11.3 Å². The highest BCUT2D eigenvalue weighted by Crippen LogP contribution is 2.19. The molecule has 0 aliphatic rings. The maximum Gasteiger partial charge on any atom is 0.179 e. The number of benzene rings is 2. The molecule has 0 aliphatic heterocycles. The van der Waals surface area contributed by atoms with Crippen molar-refractivity contribution in [3.8, 4) is 6.07 Å². The summed E-state index contributed by atoms with van der Waals surface area (Å²) in [5.41, 5.74) is 0.363. The molecule has 102 valence electrons. The highest BCUT2D eigenvalue weighted by Gasteiger charge is 2.14. The monoisotopic (exact) mass is 303 g/mol. The molecule has 0 amide bonds. The maximum atomic E-state index is 12.2. The van der Waals surface area contributed by atoms with E-state index in [-0.39, 0.29) is 10.6 Å². The fraction of sp³-hybridized carbons (Fsp3) is 0.133. The standard InChI is InChI=1S/C15H13NO2S2/c16-12-13-5-4-8-15(11-13)20(17,18)10-9-19-14-6-2-1-3-7-14/h1-8,11H,9-10H2. The third kappa shape index (κ3) is 3.86. The molecule has 0 heterocycles. The van der Waals surface area contributed by atoms with Crippen molar-refractivity contribution in [2.24, 2.45) is 0 Å². The number of nitrogens with zero attached hydrogens (tertiary/aromatic N) is 1. The molecule has 20 heavy (non-hydrogen) atoms. The predicted molar refractivity (Wildman–Crippen MR) is 80.4 cm³/mol. The van der Waals surface area contributed by atoms with Gasteiger partial charge < -0.3 is 0 Å². The van der Waals surface area contributed by atoms with Crippen molar-refractivity contribution in [1.82, 2.24) is 0 Å². The molecule has 0 atom stereocenters. The molecule has 0 spiro atoms. The minimum absolute atomic E-state index is 0.0570. The lowest BCUT2D eigenvalue weighted by Crippen LogP contribution is -2.09. The summed E-state index contributed by atoms with van der Waals surface area (Å²) in [7, 11) is -3.33. The number of hydrogen-bond acceptors (Lipinski definition) is 4. The molecule has 2 aromatic rings. The van der Waals surface area contributed by atoms with Crippen LogP contribution >= 0.6 is 11.8 Å². The van der Waals surface area contributed by atoms with Crippen LogP contribution in [0.4, 0.5) is 0 Å². The van der Waals surface area contributed by atoms with Gasteiger partial charge in [-0.2, -0.15) is 5.26 Å². The van der Waals surface area contributed by atoms with Gasteiger partial charge in [-0.1, -0.05) is 24.3 Å². The molecule has 0 saturated carbocycles. The fourth-order valence-corrected chi connectivity index (χ4v) is 4.29. The molecule has 0 aliphatic carbocycles. The van der Waals surface area contributed by atoms with Gasteiger partial charge in [0.2, 0.25) is 0 Å². The summed E-state index contributed by atoms with van der Waals surface area (Å²) in [6, 6.07) is 17.8. The average molecular weight is 303 g/mol. The van der Waals surface area contributed by atoms with E-state index in [1.807, 2.05) is 36.4 Å². The summed E-state index contributed by atoms with van der Waals surface area (Å²) >= 11 is 1.51. The van der Waals surface area contributed by atoms with Crippen LogP contribution in [0.2, 0.25) is 0 Å². The van der Waals surface area contributed by atoms with Crippen LogP contribution in [0.1, 0.15) is 5.56 Å². The Morgan fingerprint density at radius 1 is 1.05 bits per heavy atom. The Morgan fingerprint density at radius 2 is 1.80 bits per heavy atom. The Balaban J connectivity index is 2.02. The molecule has 2 aromatic carbocycles. The van der Waals surface area contributed by atoms with Crippen molar-refractivity contribution in [2.75, 3.05) is 11.5 Å². The Labute approximate surface area is 123 Å². The predicted octanol–water partition coefficient (Wildman–Crippen LogP) is 3.12. The first-order valence-corrected chi connectivity index (χ1v) is 8.66. The van der Waals surface area contributed by atoms with Crippen LogP contribution in [-0.4, -0.2) is 19.9 Å². The van der Waals surface area contributed by atoms with Crippen LogP contribution in [-0.2, 0) is 9.84 Å². The highest BCUT2D eigenvalue weighted by atomic mass is 32.2. The van der Waals surface area contributed by atoms with Gasteiger partial charge in [-0.15, -0.1) is 11.8 Å². The van der Waals surface area contributed by atoms with Gasteiger partial charge in [-0.05, 0) is 30.3 Å². The van der Waals surface area contributed by atoms with Crippen LogP contribution in [0, 0.1) is 11.3 Å². The third-order valence-corrected chi connectivity index (χ3v) is 5.67. The summed E-state index contributed by atoms with van der Waals surface area (Å²) in [6.07, 6.45) is 0. The molecule has 0 bridgehead atoms. The van der Waals surface area contributed by atoms with Crippen molar-refractivity contribution < 1.29 is 8.42 Å². The van der Waals surface area contributed by atoms with Crippen molar-refractivity contribution in [1.29, 1.82) is 5.26 Å². The Bertz CT molecular complexity index is 719. The van der Waals surface area contributed by atoms with Crippen molar-refractivity contribution in [3.63, 3.8) is 0 Å². The molecule has 3 nitrogen and oxygen atoms in total. The second kappa shape index (κ2) is 6.60.